The third-order valence-corrected chi connectivity index (χ3v) is 11.9. The predicted molar refractivity (Wildman–Crippen MR) is 206 cm³/mol. The van der Waals surface area contributed by atoms with Crippen molar-refractivity contribution in [2.24, 2.45) is 7.05 Å². The standard InChI is InChI=1S/C36H61N7O5Si2/c1-13-47-27(2)31-32(28-15-14-16-41(24-28)35(44)48-36(3,4)5)39-33-30(29-21-37-40(6)23-29)22-38-43(33)34(31)42(25-45-17-19-49(7,8)9)26-46-18-20-50(10,11)12/h21-23,28H,2,13-20,24-26H2,1,3-12H3. The van der Waals surface area contributed by atoms with Gasteiger partial charge in [0.05, 0.1) is 30.3 Å². The number of hydrogen-bond acceptors (Lipinski definition) is 9. The third kappa shape index (κ3) is 10.9. The minimum Gasteiger partial charge on any atom is -0.494 e. The molecule has 0 spiro atoms. The second-order valence-corrected chi connectivity index (χ2v) is 28.0. The summed E-state index contributed by atoms with van der Waals surface area (Å²) in [4.78, 5) is 22.6. The summed E-state index contributed by atoms with van der Waals surface area (Å²) in [6.07, 6.45) is 6.96. The molecule has 1 unspecified atom stereocenters. The van der Waals surface area contributed by atoms with E-state index in [-0.39, 0.29) is 12.0 Å². The molecule has 278 valence electrons. The summed E-state index contributed by atoms with van der Waals surface area (Å²) < 4.78 is 28.5. The Morgan fingerprint density at radius 3 is 2.20 bits per heavy atom. The first kappa shape index (κ1) is 39.6. The van der Waals surface area contributed by atoms with E-state index in [9.17, 15) is 4.79 Å². The SMILES string of the molecule is C=C(OCC)c1c(C2CCCN(C(=O)OC(C)(C)C)C2)nc2c(-c3cnn(C)c3)cnn2c1N(COCC[Si](C)(C)C)COCC[Si](C)(C)C. The van der Waals surface area contributed by atoms with Crippen LogP contribution < -0.4 is 4.90 Å². The Bertz CT molecular complexity index is 1580. The van der Waals surface area contributed by atoms with E-state index in [1.807, 2.05) is 57.8 Å². The summed E-state index contributed by atoms with van der Waals surface area (Å²) in [5, 5.41) is 9.36. The number of ether oxygens (including phenoxy) is 4. The van der Waals surface area contributed by atoms with Crippen LogP contribution in [0, 0.1) is 0 Å². The molecule has 4 rings (SSSR count). The molecule has 0 aliphatic carbocycles. The van der Waals surface area contributed by atoms with Crippen LogP contribution in [0.25, 0.3) is 22.5 Å². The van der Waals surface area contributed by atoms with Gasteiger partial charge in [0.1, 0.15) is 30.6 Å². The first-order chi connectivity index (χ1) is 23.4. The number of fused-ring (bicyclic) bond motifs is 1. The molecule has 0 aromatic carbocycles. The molecule has 1 aliphatic heterocycles. The topological polar surface area (TPSA) is 108 Å². The molecule has 50 heavy (non-hydrogen) atoms. The molecule has 0 bridgehead atoms. The highest BCUT2D eigenvalue weighted by molar-refractivity contribution is 6.76. The second kappa shape index (κ2) is 16.4. The molecule has 0 radical (unpaired) electrons. The molecule has 1 aliphatic rings. The molecule has 3 aromatic heterocycles. The zero-order valence-electron chi connectivity index (χ0n) is 32.5. The van der Waals surface area contributed by atoms with Gasteiger partial charge >= 0.3 is 6.09 Å². The maximum Gasteiger partial charge on any atom is 0.410 e. The number of amides is 1. The number of carbonyl (C=O) groups is 1. The molecular weight excluding hydrogens is 667 g/mol. The van der Waals surface area contributed by atoms with Gasteiger partial charge in [-0.05, 0) is 52.6 Å². The van der Waals surface area contributed by atoms with Gasteiger partial charge in [0.2, 0.25) is 0 Å². The van der Waals surface area contributed by atoms with Gasteiger partial charge in [0.25, 0.3) is 0 Å². The molecule has 0 saturated carbocycles. The van der Waals surface area contributed by atoms with Gasteiger partial charge in [-0.25, -0.2) is 9.78 Å². The van der Waals surface area contributed by atoms with E-state index in [2.05, 4.69) is 55.9 Å². The molecule has 1 amide bonds. The van der Waals surface area contributed by atoms with Gasteiger partial charge in [-0.3, -0.25) is 4.68 Å². The molecule has 1 saturated heterocycles. The molecule has 12 nitrogen and oxygen atoms in total. The number of rotatable bonds is 16. The summed E-state index contributed by atoms with van der Waals surface area (Å²) in [7, 11) is -0.745. The van der Waals surface area contributed by atoms with E-state index < -0.39 is 21.7 Å². The van der Waals surface area contributed by atoms with E-state index in [4.69, 9.17) is 29.0 Å². The van der Waals surface area contributed by atoms with Crippen LogP contribution in [-0.2, 0) is 26.0 Å². The van der Waals surface area contributed by atoms with Gasteiger partial charge < -0.3 is 28.7 Å². The number of hydrogen-bond donors (Lipinski definition) is 0. The minimum atomic E-state index is -1.32. The van der Waals surface area contributed by atoms with Crippen molar-refractivity contribution in [3.63, 3.8) is 0 Å². The fourth-order valence-electron chi connectivity index (χ4n) is 5.82. The average Bonchev–Trinajstić information content (AvgIpc) is 3.63. The normalized spacial score (nSPS) is 15.8. The van der Waals surface area contributed by atoms with Crippen LogP contribution in [-0.4, -0.2) is 103 Å². The summed E-state index contributed by atoms with van der Waals surface area (Å²) in [6, 6.07) is 2.09. The third-order valence-electron chi connectivity index (χ3n) is 8.51. The summed E-state index contributed by atoms with van der Waals surface area (Å²) in [5.41, 5.74) is 3.40. The first-order valence-electron chi connectivity index (χ1n) is 18.0. The number of aromatic nitrogens is 5. The van der Waals surface area contributed by atoms with Crippen LogP contribution in [0.15, 0.2) is 25.2 Å². The fourth-order valence-corrected chi connectivity index (χ4v) is 7.33. The van der Waals surface area contributed by atoms with E-state index in [0.29, 0.717) is 57.8 Å². The maximum absolute atomic E-state index is 13.3. The summed E-state index contributed by atoms with van der Waals surface area (Å²) >= 11 is 0. The molecule has 1 atom stereocenters. The average molecular weight is 728 g/mol. The Kier molecular flexibility index (Phi) is 13.0. The van der Waals surface area contributed by atoms with E-state index in [0.717, 1.165) is 53.1 Å². The largest absolute Gasteiger partial charge is 0.494 e. The number of aryl methyl sites for hydroxylation is 1. The van der Waals surface area contributed by atoms with E-state index in [1.165, 1.54) is 0 Å². The highest BCUT2D eigenvalue weighted by atomic mass is 28.3. The Morgan fingerprint density at radius 1 is 1.02 bits per heavy atom. The van der Waals surface area contributed by atoms with Crippen LogP contribution >= 0.6 is 0 Å². The molecule has 0 N–H and O–H groups in total. The highest BCUT2D eigenvalue weighted by Gasteiger charge is 2.34. The Morgan fingerprint density at radius 2 is 1.66 bits per heavy atom. The molecule has 14 heteroatoms. The number of carbonyl (C=O) groups excluding carboxylic acids is 1. The Balaban J connectivity index is 1.89. The molecule has 1 fully saturated rings. The minimum absolute atomic E-state index is 0.105. The number of anilines is 1. The monoisotopic (exact) mass is 727 g/mol. The van der Waals surface area contributed by atoms with Crippen LogP contribution in [0.3, 0.4) is 0 Å². The van der Waals surface area contributed by atoms with Crippen molar-refractivity contribution in [3.05, 3.63) is 36.4 Å². The van der Waals surface area contributed by atoms with Crippen molar-refractivity contribution >= 4 is 39.5 Å². The predicted octanol–water partition coefficient (Wildman–Crippen LogP) is 7.68. The van der Waals surface area contributed by atoms with Crippen molar-refractivity contribution < 1.29 is 23.7 Å². The zero-order valence-corrected chi connectivity index (χ0v) is 34.5. The Hall–Kier alpha value is -3.21. The second-order valence-electron chi connectivity index (χ2n) is 16.7. The van der Waals surface area contributed by atoms with Crippen molar-refractivity contribution in [2.45, 2.75) is 103 Å². The van der Waals surface area contributed by atoms with Gasteiger partial charge in [-0.15, -0.1) is 0 Å². The number of likely N-dealkylation sites (tertiary alicyclic amines) is 1. The van der Waals surface area contributed by atoms with Crippen molar-refractivity contribution in [1.29, 1.82) is 0 Å². The first-order valence-corrected chi connectivity index (χ1v) is 25.4. The van der Waals surface area contributed by atoms with Gasteiger partial charge in [-0.2, -0.15) is 14.7 Å². The van der Waals surface area contributed by atoms with Crippen LogP contribution in [0.1, 0.15) is 57.7 Å². The lowest BCUT2D eigenvalue weighted by Crippen LogP contribution is -2.42. The molecule has 4 heterocycles. The summed E-state index contributed by atoms with van der Waals surface area (Å²) in [5.74, 6) is 1.13. The van der Waals surface area contributed by atoms with Crippen LogP contribution in [0.2, 0.25) is 51.4 Å². The number of piperidine rings is 1. The van der Waals surface area contributed by atoms with Crippen LogP contribution in [0.4, 0.5) is 10.6 Å². The smallest absolute Gasteiger partial charge is 0.410 e. The van der Waals surface area contributed by atoms with E-state index >= 15 is 0 Å². The molecule has 3 aromatic rings. The summed E-state index contributed by atoms with van der Waals surface area (Å²) in [6.45, 7) is 29.6. The fraction of sp³-hybridized carbons (Fsp3) is 0.667. The highest BCUT2D eigenvalue weighted by Crippen LogP contribution is 2.39. The Labute approximate surface area is 301 Å². The van der Waals surface area contributed by atoms with Crippen molar-refractivity contribution in [1.82, 2.24) is 29.3 Å². The van der Waals surface area contributed by atoms with Crippen LogP contribution in [0.5, 0.6) is 0 Å². The van der Waals surface area contributed by atoms with Gasteiger partial charge in [0, 0.05) is 72.7 Å². The van der Waals surface area contributed by atoms with Crippen molar-refractivity contribution in [3.8, 4) is 11.1 Å². The lowest BCUT2D eigenvalue weighted by Gasteiger charge is -2.35. The lowest BCUT2D eigenvalue weighted by atomic mass is 9.91. The lowest BCUT2D eigenvalue weighted by molar-refractivity contribution is 0.0197. The molecular formula is C36H61N7O5Si2. The number of nitrogens with zero attached hydrogens (tertiary/aromatic N) is 7. The van der Waals surface area contributed by atoms with Gasteiger partial charge in [-0.1, -0.05) is 45.9 Å². The maximum atomic E-state index is 13.3. The quantitative estimate of drug-likeness (QED) is 0.0635. The van der Waals surface area contributed by atoms with Gasteiger partial charge in [0.15, 0.2) is 5.65 Å². The van der Waals surface area contributed by atoms with Crippen molar-refractivity contribution in [2.75, 3.05) is 51.3 Å². The van der Waals surface area contributed by atoms with E-state index in [1.54, 1.807) is 9.58 Å². The zero-order chi connectivity index (χ0) is 36.9.